The number of aliphatic hydroxyl groups is 2. The van der Waals surface area contributed by atoms with Gasteiger partial charge in [-0.15, -0.1) is 0 Å². The van der Waals surface area contributed by atoms with Crippen LogP contribution in [-0.4, -0.2) is 83.1 Å². The van der Waals surface area contributed by atoms with Gasteiger partial charge in [0.05, 0.1) is 11.7 Å². The first-order valence-corrected chi connectivity index (χ1v) is 12.1. The Morgan fingerprint density at radius 3 is 2.63 bits per heavy atom. The minimum atomic E-state index is -0.834. The van der Waals surface area contributed by atoms with Gasteiger partial charge >= 0.3 is 0 Å². The molecule has 2 aromatic carbocycles. The Kier molecular flexibility index (Phi) is 6.65. The van der Waals surface area contributed by atoms with Crippen molar-refractivity contribution in [3.63, 3.8) is 0 Å². The van der Waals surface area contributed by atoms with E-state index in [0.717, 1.165) is 30.2 Å². The topological polar surface area (TPSA) is 82.5 Å². The van der Waals surface area contributed by atoms with Gasteiger partial charge in [-0.05, 0) is 36.8 Å². The molecule has 0 bridgehead atoms. The van der Waals surface area contributed by atoms with Gasteiger partial charge < -0.3 is 29.5 Å². The highest BCUT2D eigenvalue weighted by Crippen LogP contribution is 2.41. The van der Waals surface area contributed by atoms with Gasteiger partial charge in [-0.2, -0.15) is 0 Å². The van der Waals surface area contributed by atoms with Gasteiger partial charge in [0.2, 0.25) is 0 Å². The van der Waals surface area contributed by atoms with Crippen molar-refractivity contribution < 1.29 is 33.3 Å². The number of rotatable bonds is 6. The Balaban J connectivity index is 1.13. The van der Waals surface area contributed by atoms with Crippen molar-refractivity contribution in [2.75, 3.05) is 39.3 Å². The fourth-order valence-electron chi connectivity index (χ4n) is 5.25. The normalized spacial score (nSPS) is 22.2. The van der Waals surface area contributed by atoms with Crippen molar-refractivity contribution in [3.05, 3.63) is 59.2 Å². The number of hydrogen-bond donors (Lipinski definition) is 2. The largest absolute Gasteiger partial charge is 0.490 e. The molecule has 0 aliphatic carbocycles. The molecule has 3 aliphatic rings. The summed E-state index contributed by atoms with van der Waals surface area (Å²) in [5, 5.41) is 20.3. The summed E-state index contributed by atoms with van der Waals surface area (Å²) >= 11 is 0. The number of likely N-dealkylation sites (tertiary alicyclic amines) is 2. The predicted octanol–water partition coefficient (Wildman–Crippen LogP) is 2.38. The summed E-state index contributed by atoms with van der Waals surface area (Å²) in [6.07, 6.45) is 1.33. The van der Waals surface area contributed by atoms with Crippen molar-refractivity contribution in [1.29, 1.82) is 0 Å². The first-order chi connectivity index (χ1) is 16.8. The quantitative estimate of drug-likeness (QED) is 0.650. The Labute approximate surface area is 202 Å². The van der Waals surface area contributed by atoms with E-state index >= 15 is 0 Å². The van der Waals surface area contributed by atoms with E-state index < -0.39 is 18.0 Å². The van der Waals surface area contributed by atoms with Gasteiger partial charge in [0.15, 0.2) is 0 Å². The number of carbonyl (C=O) groups excluding carboxylic acids is 1. The molecule has 188 valence electrons. The maximum Gasteiger partial charge on any atom is 0.257 e. The molecule has 0 saturated carbocycles. The molecule has 35 heavy (non-hydrogen) atoms. The molecule has 0 unspecified atom stereocenters. The number of ether oxygens (including phenoxy) is 2. The van der Waals surface area contributed by atoms with Crippen molar-refractivity contribution in [2.24, 2.45) is 0 Å². The van der Waals surface area contributed by atoms with Gasteiger partial charge in [0.25, 0.3) is 5.91 Å². The predicted molar refractivity (Wildman–Crippen MR) is 124 cm³/mol. The maximum atomic E-state index is 13.9. The molecule has 2 fully saturated rings. The van der Waals surface area contributed by atoms with Crippen LogP contribution in [0.25, 0.3) is 0 Å². The molecule has 1 amide bonds. The Morgan fingerprint density at radius 2 is 1.89 bits per heavy atom. The summed E-state index contributed by atoms with van der Waals surface area (Å²) in [6.45, 7) is 2.38. The zero-order chi connectivity index (χ0) is 24.6. The molecule has 2 atom stereocenters. The SMILES string of the molecule is O=C(c1ccc(F)cc1OC[C@H](O)CN1CCC2(CC1)Cc1cc(F)ccc1O2)N1CC[C@H](O)C1. The van der Waals surface area contributed by atoms with Crippen LogP contribution in [0.4, 0.5) is 8.78 Å². The molecule has 3 aliphatic heterocycles. The lowest BCUT2D eigenvalue weighted by Crippen LogP contribution is -2.49. The second kappa shape index (κ2) is 9.72. The monoisotopic (exact) mass is 488 g/mol. The average Bonchev–Trinajstić information content (AvgIpc) is 3.42. The highest BCUT2D eigenvalue weighted by Gasteiger charge is 2.42. The second-order valence-electron chi connectivity index (χ2n) is 9.81. The molecule has 2 aromatic rings. The molecule has 5 rings (SSSR count). The van der Waals surface area contributed by atoms with Crippen molar-refractivity contribution in [3.8, 4) is 11.5 Å². The van der Waals surface area contributed by atoms with Crippen LogP contribution in [0.5, 0.6) is 11.5 Å². The van der Waals surface area contributed by atoms with Gasteiger partial charge in [0.1, 0.15) is 41.4 Å². The smallest absolute Gasteiger partial charge is 0.257 e. The fraction of sp³-hybridized carbons (Fsp3) is 0.500. The standard InChI is InChI=1S/C26H30F2N2O5/c27-18-2-4-23-17(11-18)13-26(35-23)6-9-29(10-7-26)14-21(32)16-34-24-12-19(28)1-3-22(24)25(33)30-8-5-20(31)15-30/h1-4,11-12,20-21,31-32H,5-10,13-16H2/t20-,21+/m0/s1. The molecule has 1 spiro atoms. The number of carbonyl (C=O) groups is 1. The van der Waals surface area contributed by atoms with Crippen LogP contribution in [0.15, 0.2) is 36.4 Å². The summed E-state index contributed by atoms with van der Waals surface area (Å²) in [5.74, 6) is -0.295. The van der Waals surface area contributed by atoms with E-state index in [1.54, 1.807) is 6.07 Å². The molecule has 0 aromatic heterocycles. The minimum absolute atomic E-state index is 0.0809. The van der Waals surface area contributed by atoms with E-state index in [2.05, 4.69) is 4.90 Å². The van der Waals surface area contributed by atoms with Gasteiger partial charge in [-0.1, -0.05) is 0 Å². The molecule has 0 radical (unpaired) electrons. The first kappa shape index (κ1) is 24.0. The fourth-order valence-corrected chi connectivity index (χ4v) is 5.25. The van der Waals surface area contributed by atoms with Gasteiger partial charge in [-0.25, -0.2) is 8.78 Å². The molecule has 7 nitrogen and oxygen atoms in total. The minimum Gasteiger partial charge on any atom is -0.490 e. The summed E-state index contributed by atoms with van der Waals surface area (Å²) in [7, 11) is 0. The molecular formula is C26H30F2N2O5. The number of hydrogen-bond acceptors (Lipinski definition) is 6. The van der Waals surface area contributed by atoms with Crippen LogP contribution >= 0.6 is 0 Å². The number of amides is 1. The molecule has 9 heteroatoms. The van der Waals surface area contributed by atoms with Gasteiger partial charge in [-0.3, -0.25) is 4.79 Å². The number of halogens is 2. The van der Waals surface area contributed by atoms with Crippen LogP contribution in [0.1, 0.15) is 35.2 Å². The zero-order valence-electron chi connectivity index (χ0n) is 19.5. The Hall–Kier alpha value is -2.75. The van der Waals surface area contributed by atoms with E-state index in [-0.39, 0.29) is 41.8 Å². The third-order valence-corrected chi connectivity index (χ3v) is 7.15. The summed E-state index contributed by atoms with van der Waals surface area (Å²) in [5.41, 5.74) is 0.784. The Bertz CT molecular complexity index is 1090. The third kappa shape index (κ3) is 5.27. The molecule has 2 saturated heterocycles. The van der Waals surface area contributed by atoms with E-state index in [1.807, 2.05) is 0 Å². The number of aliphatic hydroxyl groups excluding tert-OH is 2. The average molecular weight is 489 g/mol. The Morgan fingerprint density at radius 1 is 1.14 bits per heavy atom. The maximum absolute atomic E-state index is 13.9. The van der Waals surface area contributed by atoms with Crippen LogP contribution in [0.2, 0.25) is 0 Å². The van der Waals surface area contributed by atoms with Crippen molar-refractivity contribution in [1.82, 2.24) is 9.80 Å². The lowest BCUT2D eigenvalue weighted by molar-refractivity contribution is -0.00203. The first-order valence-electron chi connectivity index (χ1n) is 12.1. The summed E-state index contributed by atoms with van der Waals surface area (Å²) in [4.78, 5) is 16.5. The van der Waals surface area contributed by atoms with E-state index in [1.165, 1.54) is 29.2 Å². The number of β-amino-alcohol motifs (C(OH)–C–C–N with tert-alkyl or cyclic N) is 2. The number of nitrogens with zero attached hydrogens (tertiary/aromatic N) is 2. The summed E-state index contributed by atoms with van der Waals surface area (Å²) < 4.78 is 39.3. The number of piperidine rings is 1. The van der Waals surface area contributed by atoms with E-state index in [4.69, 9.17) is 9.47 Å². The molecule has 2 N–H and O–H groups in total. The van der Waals surface area contributed by atoms with E-state index in [0.29, 0.717) is 39.0 Å². The summed E-state index contributed by atoms with van der Waals surface area (Å²) in [6, 6.07) is 8.35. The number of fused-ring (bicyclic) bond motifs is 1. The lowest BCUT2D eigenvalue weighted by atomic mass is 9.87. The number of benzene rings is 2. The molecular weight excluding hydrogens is 458 g/mol. The van der Waals surface area contributed by atoms with Gasteiger partial charge in [0, 0.05) is 63.6 Å². The molecule has 3 heterocycles. The van der Waals surface area contributed by atoms with Crippen molar-refractivity contribution in [2.45, 2.75) is 43.5 Å². The van der Waals surface area contributed by atoms with Crippen LogP contribution in [0.3, 0.4) is 0 Å². The van der Waals surface area contributed by atoms with Crippen LogP contribution < -0.4 is 9.47 Å². The van der Waals surface area contributed by atoms with Crippen LogP contribution in [0, 0.1) is 11.6 Å². The van der Waals surface area contributed by atoms with Crippen LogP contribution in [-0.2, 0) is 6.42 Å². The highest BCUT2D eigenvalue weighted by molar-refractivity contribution is 5.97. The second-order valence-corrected chi connectivity index (χ2v) is 9.81. The third-order valence-electron chi connectivity index (χ3n) is 7.15. The zero-order valence-corrected chi connectivity index (χ0v) is 19.5. The van der Waals surface area contributed by atoms with E-state index in [9.17, 15) is 23.8 Å². The highest BCUT2D eigenvalue weighted by atomic mass is 19.1. The van der Waals surface area contributed by atoms with Crippen molar-refractivity contribution >= 4 is 5.91 Å². The lowest BCUT2D eigenvalue weighted by Gasteiger charge is -2.39.